The van der Waals surface area contributed by atoms with Crippen LogP contribution >= 0.6 is 0 Å². The summed E-state index contributed by atoms with van der Waals surface area (Å²) in [6.07, 6.45) is 2.41. The third-order valence-electron chi connectivity index (χ3n) is 3.25. The molecule has 1 heterocycles. The molecule has 0 spiro atoms. The fourth-order valence-corrected chi connectivity index (χ4v) is 2.15. The van der Waals surface area contributed by atoms with E-state index in [-0.39, 0.29) is 0 Å². The van der Waals surface area contributed by atoms with Crippen LogP contribution in [0.5, 0.6) is 11.5 Å². The zero-order chi connectivity index (χ0) is 12.1. The van der Waals surface area contributed by atoms with Crippen LogP contribution in [0.15, 0.2) is 18.2 Å². The van der Waals surface area contributed by atoms with Gasteiger partial charge in [0.1, 0.15) is 0 Å². The van der Waals surface area contributed by atoms with Crippen molar-refractivity contribution in [2.75, 3.05) is 26.8 Å². The maximum absolute atomic E-state index is 5.87. The van der Waals surface area contributed by atoms with Crippen LogP contribution in [0.1, 0.15) is 18.4 Å². The van der Waals surface area contributed by atoms with Gasteiger partial charge in [-0.1, -0.05) is 6.07 Å². The van der Waals surface area contributed by atoms with Crippen molar-refractivity contribution in [3.63, 3.8) is 0 Å². The standard InChI is InChI=1S/C14H21NO2/c1-11-3-4-13(14(9-11)16-2)17-10-12-5-7-15-8-6-12/h3-4,9,12,15H,5-8,10H2,1-2H3. The highest BCUT2D eigenvalue weighted by atomic mass is 16.5. The van der Waals surface area contributed by atoms with Crippen LogP contribution in [-0.2, 0) is 0 Å². The van der Waals surface area contributed by atoms with E-state index in [2.05, 4.69) is 18.3 Å². The highest BCUT2D eigenvalue weighted by molar-refractivity contribution is 5.42. The quantitative estimate of drug-likeness (QED) is 0.869. The van der Waals surface area contributed by atoms with E-state index in [4.69, 9.17) is 9.47 Å². The first-order valence-corrected chi connectivity index (χ1v) is 6.28. The van der Waals surface area contributed by atoms with Gasteiger partial charge < -0.3 is 14.8 Å². The highest BCUT2D eigenvalue weighted by Crippen LogP contribution is 2.28. The molecule has 0 aromatic heterocycles. The molecule has 1 saturated heterocycles. The number of hydrogen-bond donors (Lipinski definition) is 1. The Kier molecular flexibility index (Phi) is 4.26. The fourth-order valence-electron chi connectivity index (χ4n) is 2.15. The second-order valence-electron chi connectivity index (χ2n) is 4.66. The molecule has 94 valence electrons. The number of methoxy groups -OCH3 is 1. The molecule has 1 N–H and O–H groups in total. The largest absolute Gasteiger partial charge is 0.493 e. The van der Waals surface area contributed by atoms with E-state index >= 15 is 0 Å². The van der Waals surface area contributed by atoms with Crippen molar-refractivity contribution < 1.29 is 9.47 Å². The minimum absolute atomic E-state index is 0.669. The van der Waals surface area contributed by atoms with Gasteiger partial charge >= 0.3 is 0 Å². The molecule has 3 nitrogen and oxygen atoms in total. The first-order chi connectivity index (χ1) is 8.29. The Morgan fingerprint density at radius 3 is 2.71 bits per heavy atom. The van der Waals surface area contributed by atoms with E-state index in [1.54, 1.807) is 7.11 Å². The number of piperidine rings is 1. The molecule has 0 bridgehead atoms. The Labute approximate surface area is 103 Å². The van der Waals surface area contributed by atoms with Crippen molar-refractivity contribution in [3.05, 3.63) is 23.8 Å². The normalized spacial score (nSPS) is 16.8. The summed E-state index contributed by atoms with van der Waals surface area (Å²) in [5.41, 5.74) is 1.19. The van der Waals surface area contributed by atoms with Crippen LogP contribution in [0, 0.1) is 12.8 Å². The van der Waals surface area contributed by atoms with E-state index in [1.165, 1.54) is 18.4 Å². The Balaban J connectivity index is 1.93. The summed E-state index contributed by atoms with van der Waals surface area (Å²) < 4.78 is 11.2. The minimum Gasteiger partial charge on any atom is -0.493 e. The number of nitrogens with one attached hydrogen (secondary N) is 1. The third-order valence-corrected chi connectivity index (χ3v) is 3.25. The van der Waals surface area contributed by atoms with Crippen LogP contribution < -0.4 is 14.8 Å². The van der Waals surface area contributed by atoms with Crippen molar-refractivity contribution in [2.24, 2.45) is 5.92 Å². The molecule has 1 fully saturated rings. The lowest BCUT2D eigenvalue weighted by Crippen LogP contribution is -2.30. The van der Waals surface area contributed by atoms with Gasteiger partial charge in [-0.3, -0.25) is 0 Å². The topological polar surface area (TPSA) is 30.5 Å². The van der Waals surface area contributed by atoms with Crippen LogP contribution in [-0.4, -0.2) is 26.8 Å². The Hall–Kier alpha value is -1.22. The number of hydrogen-bond acceptors (Lipinski definition) is 3. The first kappa shape index (κ1) is 12.2. The summed E-state index contributed by atoms with van der Waals surface area (Å²) in [5.74, 6) is 2.36. The van der Waals surface area contributed by atoms with E-state index < -0.39 is 0 Å². The summed E-state index contributed by atoms with van der Waals surface area (Å²) in [7, 11) is 1.69. The molecule has 0 unspecified atom stereocenters. The Morgan fingerprint density at radius 1 is 1.24 bits per heavy atom. The van der Waals surface area contributed by atoms with E-state index in [0.717, 1.165) is 31.2 Å². The molecule has 3 heteroatoms. The molecule has 1 aromatic rings. The van der Waals surface area contributed by atoms with E-state index in [9.17, 15) is 0 Å². The average Bonchev–Trinajstić information content (AvgIpc) is 2.38. The van der Waals surface area contributed by atoms with Gasteiger partial charge in [-0.2, -0.15) is 0 Å². The van der Waals surface area contributed by atoms with E-state index in [0.29, 0.717) is 5.92 Å². The van der Waals surface area contributed by atoms with Crippen molar-refractivity contribution in [1.29, 1.82) is 0 Å². The summed E-state index contributed by atoms with van der Waals surface area (Å²) in [4.78, 5) is 0. The molecule has 0 amide bonds. The fraction of sp³-hybridized carbons (Fsp3) is 0.571. The SMILES string of the molecule is COc1cc(C)ccc1OCC1CCNCC1. The zero-order valence-electron chi connectivity index (χ0n) is 10.7. The summed E-state index contributed by atoms with van der Waals surface area (Å²) in [5, 5.41) is 3.36. The van der Waals surface area contributed by atoms with Gasteiger partial charge in [-0.05, 0) is 56.5 Å². The van der Waals surface area contributed by atoms with Crippen LogP contribution in [0.2, 0.25) is 0 Å². The molecule has 0 aliphatic carbocycles. The smallest absolute Gasteiger partial charge is 0.161 e. The van der Waals surface area contributed by atoms with Gasteiger partial charge in [0.15, 0.2) is 11.5 Å². The van der Waals surface area contributed by atoms with Crippen molar-refractivity contribution in [2.45, 2.75) is 19.8 Å². The first-order valence-electron chi connectivity index (χ1n) is 6.28. The van der Waals surface area contributed by atoms with E-state index in [1.807, 2.05) is 12.1 Å². The van der Waals surface area contributed by atoms with Crippen LogP contribution in [0.4, 0.5) is 0 Å². The molecular formula is C14H21NO2. The molecule has 0 atom stereocenters. The van der Waals surface area contributed by atoms with Crippen molar-refractivity contribution >= 4 is 0 Å². The maximum Gasteiger partial charge on any atom is 0.161 e. The summed E-state index contributed by atoms with van der Waals surface area (Å²) >= 11 is 0. The molecule has 0 saturated carbocycles. The predicted octanol–water partition coefficient (Wildman–Crippen LogP) is 2.38. The Morgan fingerprint density at radius 2 is 2.00 bits per heavy atom. The summed E-state index contributed by atoms with van der Waals surface area (Å²) in [6, 6.07) is 6.06. The number of aryl methyl sites for hydroxylation is 1. The molecule has 1 aromatic carbocycles. The molecule has 1 aliphatic heterocycles. The van der Waals surface area contributed by atoms with Crippen molar-refractivity contribution in [1.82, 2.24) is 5.32 Å². The van der Waals surface area contributed by atoms with Gasteiger partial charge in [0.05, 0.1) is 13.7 Å². The highest BCUT2D eigenvalue weighted by Gasteiger charge is 2.14. The van der Waals surface area contributed by atoms with Gasteiger partial charge in [-0.25, -0.2) is 0 Å². The monoisotopic (exact) mass is 235 g/mol. The molecular weight excluding hydrogens is 214 g/mol. The lowest BCUT2D eigenvalue weighted by molar-refractivity contribution is 0.208. The van der Waals surface area contributed by atoms with Crippen LogP contribution in [0.25, 0.3) is 0 Å². The van der Waals surface area contributed by atoms with Gasteiger partial charge in [0, 0.05) is 0 Å². The molecule has 17 heavy (non-hydrogen) atoms. The minimum atomic E-state index is 0.669. The van der Waals surface area contributed by atoms with Crippen LogP contribution in [0.3, 0.4) is 0 Å². The second-order valence-corrected chi connectivity index (χ2v) is 4.66. The molecule has 1 aliphatic rings. The van der Waals surface area contributed by atoms with Gasteiger partial charge in [-0.15, -0.1) is 0 Å². The maximum atomic E-state index is 5.87. The predicted molar refractivity (Wildman–Crippen MR) is 68.8 cm³/mol. The number of ether oxygens (including phenoxy) is 2. The lowest BCUT2D eigenvalue weighted by Gasteiger charge is -2.23. The molecule has 2 rings (SSSR count). The number of benzene rings is 1. The molecule has 0 radical (unpaired) electrons. The Bertz CT molecular complexity index is 359. The lowest BCUT2D eigenvalue weighted by atomic mass is 9.99. The third kappa shape index (κ3) is 3.37. The van der Waals surface area contributed by atoms with Crippen molar-refractivity contribution in [3.8, 4) is 11.5 Å². The number of rotatable bonds is 4. The average molecular weight is 235 g/mol. The summed E-state index contributed by atoms with van der Waals surface area (Å²) in [6.45, 7) is 5.07. The zero-order valence-corrected chi connectivity index (χ0v) is 10.7. The van der Waals surface area contributed by atoms with Gasteiger partial charge in [0.25, 0.3) is 0 Å². The second kappa shape index (κ2) is 5.92. The van der Waals surface area contributed by atoms with Gasteiger partial charge in [0.2, 0.25) is 0 Å².